The van der Waals surface area contributed by atoms with E-state index >= 15 is 0 Å². The van der Waals surface area contributed by atoms with E-state index in [1.54, 1.807) is 24.3 Å². The molecule has 0 unspecified atom stereocenters. The maximum Gasteiger partial charge on any atom is 0.343 e. The highest BCUT2D eigenvalue weighted by molar-refractivity contribution is 5.96. The number of phenolic OH excluding ortho intramolecular Hbond substituents is 1. The lowest BCUT2D eigenvalue weighted by Crippen LogP contribution is -2.34. The summed E-state index contributed by atoms with van der Waals surface area (Å²) in [6.07, 6.45) is 0.578. The predicted octanol–water partition coefficient (Wildman–Crippen LogP) is 6.67. The van der Waals surface area contributed by atoms with Crippen LogP contribution in [0.3, 0.4) is 0 Å². The molecule has 7 rings (SSSR count). The van der Waals surface area contributed by atoms with E-state index in [0.29, 0.717) is 12.2 Å². The lowest BCUT2D eigenvalue weighted by molar-refractivity contribution is 0.0600. The molecule has 0 fully saturated rings. The Kier molecular flexibility index (Phi) is 5.35. The minimum absolute atomic E-state index is 0.213. The Hall–Kier alpha value is -5.16. The molecule has 5 nitrogen and oxygen atoms in total. The van der Waals surface area contributed by atoms with Gasteiger partial charge >= 0.3 is 11.9 Å². The smallest absolute Gasteiger partial charge is 0.343 e. The van der Waals surface area contributed by atoms with E-state index in [4.69, 9.17) is 9.47 Å². The third-order valence-electron chi connectivity index (χ3n) is 8.04. The molecule has 0 saturated carbocycles. The van der Waals surface area contributed by atoms with Gasteiger partial charge in [0.05, 0.1) is 23.7 Å². The highest BCUT2D eigenvalue weighted by Gasteiger charge is 2.49. The van der Waals surface area contributed by atoms with Gasteiger partial charge in [0, 0.05) is 0 Å². The van der Waals surface area contributed by atoms with Gasteiger partial charge in [-0.15, -0.1) is 0 Å². The second-order valence-corrected chi connectivity index (χ2v) is 10.1. The highest BCUT2D eigenvalue weighted by Crippen LogP contribution is 2.59. The molecule has 0 atom stereocenters. The average molecular weight is 525 g/mol. The summed E-state index contributed by atoms with van der Waals surface area (Å²) in [6, 6.07) is 34.7. The molecular formula is C35H24O5. The van der Waals surface area contributed by atoms with Crippen LogP contribution in [0.25, 0.3) is 11.1 Å². The number of carbonyl (C=O) groups excluding carboxylic acids is 2. The number of hydrogen-bond donors (Lipinski definition) is 1. The fourth-order valence-corrected chi connectivity index (χ4v) is 6.46. The van der Waals surface area contributed by atoms with Crippen LogP contribution < -0.4 is 4.74 Å². The molecule has 5 aromatic carbocycles. The Morgan fingerprint density at radius 1 is 0.650 bits per heavy atom. The molecule has 0 heterocycles. The molecular weight excluding hydrogens is 500 g/mol. The number of phenols is 1. The Bertz CT molecular complexity index is 1810. The number of ether oxygens (including phenoxy) is 2. The number of carbonyl (C=O) groups is 2. The first-order valence-corrected chi connectivity index (χ1v) is 13.1. The summed E-state index contributed by atoms with van der Waals surface area (Å²) < 4.78 is 10.6. The third kappa shape index (κ3) is 3.41. The molecule has 0 aromatic heterocycles. The van der Waals surface area contributed by atoms with Gasteiger partial charge in [-0.05, 0) is 93.4 Å². The number of rotatable bonds is 3. The van der Waals surface area contributed by atoms with Gasteiger partial charge in [0.1, 0.15) is 11.5 Å². The summed E-state index contributed by atoms with van der Waals surface area (Å²) in [5.41, 5.74) is 9.01. The summed E-state index contributed by atoms with van der Waals surface area (Å²) in [4.78, 5) is 25.0. The van der Waals surface area contributed by atoms with E-state index in [-0.39, 0.29) is 16.9 Å². The van der Waals surface area contributed by atoms with Crippen molar-refractivity contribution in [3.63, 3.8) is 0 Å². The lowest BCUT2D eigenvalue weighted by atomic mass is 9.61. The van der Waals surface area contributed by atoms with Gasteiger partial charge in [-0.1, -0.05) is 66.7 Å². The molecule has 0 saturated heterocycles. The summed E-state index contributed by atoms with van der Waals surface area (Å²) >= 11 is 0. The van der Waals surface area contributed by atoms with Gasteiger partial charge in [0.25, 0.3) is 0 Å². The number of aromatic hydroxyl groups is 1. The van der Waals surface area contributed by atoms with Gasteiger partial charge < -0.3 is 14.6 Å². The average Bonchev–Trinajstić information content (AvgIpc) is 3.27. The summed E-state index contributed by atoms with van der Waals surface area (Å²) in [5.74, 6) is -0.464. The van der Waals surface area contributed by atoms with Gasteiger partial charge in [0.2, 0.25) is 0 Å². The van der Waals surface area contributed by atoms with Crippen LogP contribution in [-0.4, -0.2) is 24.2 Å². The van der Waals surface area contributed by atoms with Crippen molar-refractivity contribution in [3.8, 4) is 22.6 Å². The number of hydrogen-bond acceptors (Lipinski definition) is 5. The van der Waals surface area contributed by atoms with Gasteiger partial charge in [-0.2, -0.15) is 0 Å². The van der Waals surface area contributed by atoms with Crippen LogP contribution in [0.5, 0.6) is 11.5 Å². The zero-order valence-corrected chi connectivity index (χ0v) is 21.7. The van der Waals surface area contributed by atoms with Crippen LogP contribution in [0.2, 0.25) is 0 Å². The molecule has 40 heavy (non-hydrogen) atoms. The maximum absolute atomic E-state index is 13.1. The van der Waals surface area contributed by atoms with Crippen molar-refractivity contribution in [2.24, 2.45) is 0 Å². The van der Waals surface area contributed by atoms with Gasteiger partial charge in [-0.25, -0.2) is 9.59 Å². The zero-order chi connectivity index (χ0) is 27.4. The first-order valence-electron chi connectivity index (χ1n) is 13.1. The van der Waals surface area contributed by atoms with Crippen LogP contribution >= 0.6 is 0 Å². The monoisotopic (exact) mass is 524 g/mol. The van der Waals surface area contributed by atoms with E-state index in [1.807, 2.05) is 24.3 Å². The molecule has 0 bridgehead atoms. The molecule has 2 aliphatic rings. The third-order valence-corrected chi connectivity index (χ3v) is 8.04. The normalized spacial score (nSPS) is 13.5. The van der Waals surface area contributed by atoms with Crippen molar-refractivity contribution in [2.45, 2.75) is 11.8 Å². The zero-order valence-electron chi connectivity index (χ0n) is 21.7. The van der Waals surface area contributed by atoms with Crippen LogP contribution in [0.1, 0.15) is 54.1 Å². The van der Waals surface area contributed by atoms with E-state index in [0.717, 1.165) is 22.3 Å². The van der Waals surface area contributed by atoms with Crippen LogP contribution in [-0.2, 0) is 16.6 Å². The molecule has 0 radical (unpaired) electrons. The molecule has 5 aromatic rings. The SMILES string of the molecule is COC(=O)c1cccc(C(=O)Oc2ccc3c(c2)Cc2cc(O)ccc2C32c3ccccc3-c3ccccc32)c1. The van der Waals surface area contributed by atoms with Crippen LogP contribution in [0, 0.1) is 0 Å². The molecule has 0 aliphatic heterocycles. The molecule has 1 N–H and O–H groups in total. The number of benzene rings is 5. The Morgan fingerprint density at radius 2 is 1.25 bits per heavy atom. The van der Waals surface area contributed by atoms with Crippen molar-refractivity contribution in [3.05, 3.63) is 154 Å². The fourth-order valence-electron chi connectivity index (χ4n) is 6.46. The van der Waals surface area contributed by atoms with E-state index in [1.165, 1.54) is 35.4 Å². The second kappa shape index (κ2) is 8.95. The molecule has 5 heteroatoms. The minimum atomic E-state index is -0.568. The van der Waals surface area contributed by atoms with Crippen molar-refractivity contribution < 1.29 is 24.2 Å². The quantitative estimate of drug-likeness (QED) is 0.207. The van der Waals surface area contributed by atoms with Crippen LogP contribution in [0.15, 0.2) is 109 Å². The predicted molar refractivity (Wildman–Crippen MR) is 151 cm³/mol. The minimum Gasteiger partial charge on any atom is -0.508 e. The van der Waals surface area contributed by atoms with Crippen molar-refractivity contribution in [1.82, 2.24) is 0 Å². The maximum atomic E-state index is 13.1. The molecule has 1 spiro atoms. The number of esters is 2. The first-order chi connectivity index (χ1) is 19.5. The summed E-state index contributed by atoms with van der Waals surface area (Å²) in [7, 11) is 1.30. The lowest BCUT2D eigenvalue weighted by Gasteiger charge is -2.40. The van der Waals surface area contributed by atoms with Crippen molar-refractivity contribution in [1.29, 1.82) is 0 Å². The highest BCUT2D eigenvalue weighted by atomic mass is 16.5. The Morgan fingerprint density at radius 3 is 1.93 bits per heavy atom. The first kappa shape index (κ1) is 23.9. The van der Waals surface area contributed by atoms with Gasteiger partial charge in [0.15, 0.2) is 0 Å². The molecule has 194 valence electrons. The van der Waals surface area contributed by atoms with Crippen molar-refractivity contribution >= 4 is 11.9 Å². The summed E-state index contributed by atoms with van der Waals surface area (Å²) in [5, 5.41) is 10.4. The van der Waals surface area contributed by atoms with E-state index < -0.39 is 17.4 Å². The summed E-state index contributed by atoms with van der Waals surface area (Å²) in [6.45, 7) is 0. The van der Waals surface area contributed by atoms with Crippen molar-refractivity contribution in [2.75, 3.05) is 7.11 Å². The molecule has 2 aliphatic carbocycles. The molecule has 0 amide bonds. The topological polar surface area (TPSA) is 72.8 Å². The number of fused-ring (bicyclic) bond motifs is 9. The Balaban J connectivity index is 1.37. The Labute approximate surface area is 231 Å². The van der Waals surface area contributed by atoms with E-state index in [9.17, 15) is 14.7 Å². The second-order valence-electron chi connectivity index (χ2n) is 10.1. The van der Waals surface area contributed by atoms with Gasteiger partial charge in [-0.3, -0.25) is 0 Å². The van der Waals surface area contributed by atoms with E-state index in [2.05, 4.69) is 54.6 Å². The largest absolute Gasteiger partial charge is 0.508 e. The number of methoxy groups -OCH3 is 1. The fraction of sp³-hybridized carbons (Fsp3) is 0.0857. The standard InChI is InChI=1S/C35H24O5/c1-39-33(37)21-7-6-8-22(17-21)34(38)40-26-14-16-30-24(20-26)18-23-19-25(36)13-15-29(23)35(30)31-11-4-2-9-27(31)28-10-3-5-12-32(28)35/h2-17,19-20,36H,18H2,1H3. The van der Waals surface area contributed by atoms with Crippen LogP contribution in [0.4, 0.5) is 0 Å².